The van der Waals surface area contributed by atoms with Gasteiger partial charge in [-0.3, -0.25) is 4.99 Å². The van der Waals surface area contributed by atoms with E-state index >= 15 is 0 Å². The summed E-state index contributed by atoms with van der Waals surface area (Å²) in [4.78, 5) is 6.83. The summed E-state index contributed by atoms with van der Waals surface area (Å²) in [5, 5.41) is 0. The molecule has 2 rings (SSSR count). The maximum absolute atomic E-state index is 13.1. The summed E-state index contributed by atoms with van der Waals surface area (Å²) < 4.78 is 52.6. The molecule has 1 atom stereocenters. The molecule has 2 heterocycles. The van der Waals surface area contributed by atoms with Crippen LogP contribution in [-0.4, -0.2) is 54.9 Å². The quantitative estimate of drug-likeness (QED) is 0.669. The van der Waals surface area contributed by atoms with E-state index in [1.165, 1.54) is 0 Å². The Balaban J connectivity index is 2.75. The summed E-state index contributed by atoms with van der Waals surface area (Å²) in [7, 11) is -3.84. The molecule has 0 amide bonds. The summed E-state index contributed by atoms with van der Waals surface area (Å²) >= 11 is 0. The highest BCUT2D eigenvalue weighted by Gasteiger charge is 2.48. The molecule has 0 aliphatic carbocycles. The molecule has 28 heavy (non-hydrogen) atoms. The van der Waals surface area contributed by atoms with Crippen molar-refractivity contribution in [3.05, 3.63) is 11.3 Å². The summed E-state index contributed by atoms with van der Waals surface area (Å²) in [5.41, 5.74) is 0.987. The summed E-state index contributed by atoms with van der Waals surface area (Å²) in [5.74, 6) is 0.359. The second-order valence-corrected chi connectivity index (χ2v) is 12.9. The maximum atomic E-state index is 13.1. The van der Waals surface area contributed by atoms with Gasteiger partial charge in [0.15, 0.2) is 0 Å². The molecule has 0 radical (unpaired) electrons. The van der Waals surface area contributed by atoms with Crippen LogP contribution in [0.2, 0.25) is 0 Å². The van der Waals surface area contributed by atoms with Crippen LogP contribution in [0.25, 0.3) is 0 Å². The summed E-state index contributed by atoms with van der Waals surface area (Å²) in [6.07, 6.45) is -2.71. The molecular weight excluding hydrogens is 384 g/mol. The minimum Gasteiger partial charge on any atom is -0.316 e. The standard InChI is InChI=1S/C20H35F2N3O2S/c1-18(2,3)15-13-10-24(11-14(21)22)28(26,27)12-25(13)17(20(7,8)9)23-16(15)19(4,5)6/h14,16H,10-12H2,1-9H3. The maximum Gasteiger partial charge on any atom is 0.252 e. The Hall–Kier alpha value is -1.02. The molecule has 2 aliphatic rings. The molecule has 162 valence electrons. The zero-order chi connectivity index (χ0) is 21.9. The van der Waals surface area contributed by atoms with Crippen molar-refractivity contribution in [1.82, 2.24) is 9.21 Å². The van der Waals surface area contributed by atoms with Gasteiger partial charge in [0.1, 0.15) is 11.7 Å². The SMILES string of the molecule is CC(C)(C)C1=NC(C(C)(C)C)C(C(C)(C)C)=C2CN(CC(F)F)S(=O)(=O)CN12. The lowest BCUT2D eigenvalue weighted by Crippen LogP contribution is -2.57. The second kappa shape index (κ2) is 7.04. The van der Waals surface area contributed by atoms with Crippen molar-refractivity contribution >= 4 is 15.9 Å². The van der Waals surface area contributed by atoms with Gasteiger partial charge in [-0.05, 0) is 16.4 Å². The number of aliphatic imine (C=N–C) groups is 1. The van der Waals surface area contributed by atoms with E-state index in [1.807, 2.05) is 20.8 Å². The zero-order valence-electron chi connectivity index (χ0n) is 18.6. The van der Waals surface area contributed by atoms with Gasteiger partial charge in [0.2, 0.25) is 10.0 Å². The Bertz CT molecular complexity index is 782. The van der Waals surface area contributed by atoms with Gasteiger partial charge in [-0.2, -0.15) is 4.31 Å². The zero-order valence-corrected chi connectivity index (χ0v) is 19.4. The number of nitrogens with zero attached hydrogens (tertiary/aromatic N) is 3. The van der Waals surface area contributed by atoms with Gasteiger partial charge in [-0.25, -0.2) is 17.2 Å². The summed E-state index contributed by atoms with van der Waals surface area (Å²) in [6, 6.07) is -0.151. The third-order valence-corrected chi connectivity index (χ3v) is 6.72. The number of hydrogen-bond acceptors (Lipinski definition) is 4. The largest absolute Gasteiger partial charge is 0.316 e. The van der Waals surface area contributed by atoms with Crippen LogP contribution in [0, 0.1) is 16.2 Å². The molecule has 1 unspecified atom stereocenters. The smallest absolute Gasteiger partial charge is 0.252 e. The third kappa shape index (κ3) is 4.58. The van der Waals surface area contributed by atoms with Gasteiger partial charge in [-0.1, -0.05) is 62.3 Å². The predicted octanol–water partition coefficient (Wildman–Crippen LogP) is 4.33. The number of sulfonamides is 1. The highest BCUT2D eigenvalue weighted by atomic mass is 32.2. The van der Waals surface area contributed by atoms with Crippen LogP contribution in [0.15, 0.2) is 16.3 Å². The molecule has 0 saturated carbocycles. The average molecular weight is 420 g/mol. The Morgan fingerprint density at radius 2 is 1.57 bits per heavy atom. The number of fused-ring (bicyclic) bond motifs is 1. The first-order chi connectivity index (χ1) is 12.4. The molecule has 0 aromatic heterocycles. The number of amidine groups is 1. The van der Waals surface area contributed by atoms with Crippen molar-refractivity contribution in [3.63, 3.8) is 0 Å². The van der Waals surface area contributed by atoms with Crippen molar-refractivity contribution in [2.45, 2.75) is 74.8 Å². The number of hydrogen-bond donors (Lipinski definition) is 0. The van der Waals surface area contributed by atoms with Gasteiger partial charge >= 0.3 is 0 Å². The van der Waals surface area contributed by atoms with E-state index in [4.69, 9.17) is 4.99 Å². The van der Waals surface area contributed by atoms with Crippen LogP contribution >= 0.6 is 0 Å². The molecule has 2 aliphatic heterocycles. The van der Waals surface area contributed by atoms with E-state index in [0.29, 0.717) is 5.84 Å². The van der Waals surface area contributed by atoms with Crippen LogP contribution in [0.1, 0.15) is 62.3 Å². The minimum atomic E-state index is -3.84. The van der Waals surface area contributed by atoms with E-state index in [2.05, 4.69) is 41.5 Å². The van der Waals surface area contributed by atoms with Gasteiger partial charge in [0.05, 0.1) is 19.1 Å². The Kier molecular flexibility index (Phi) is 5.85. The van der Waals surface area contributed by atoms with E-state index in [-0.39, 0.29) is 34.7 Å². The molecule has 0 N–H and O–H groups in total. The van der Waals surface area contributed by atoms with Gasteiger partial charge in [-0.15, -0.1) is 0 Å². The topological polar surface area (TPSA) is 53.0 Å². The lowest BCUT2D eigenvalue weighted by Gasteiger charge is -2.50. The molecule has 0 spiro atoms. The molecule has 0 aromatic carbocycles. The third-order valence-electron chi connectivity index (χ3n) is 5.07. The van der Waals surface area contributed by atoms with Crippen molar-refractivity contribution in [3.8, 4) is 0 Å². The molecular formula is C20H35F2N3O2S. The first-order valence-corrected chi connectivity index (χ1v) is 11.3. The summed E-state index contributed by atoms with van der Waals surface area (Å²) in [6.45, 7) is 17.7. The fourth-order valence-electron chi connectivity index (χ4n) is 3.91. The minimum absolute atomic E-state index is 0.0407. The molecule has 1 fully saturated rings. The van der Waals surface area contributed by atoms with Crippen LogP contribution < -0.4 is 0 Å². The van der Waals surface area contributed by atoms with Gasteiger partial charge in [0, 0.05) is 11.1 Å². The van der Waals surface area contributed by atoms with Crippen molar-refractivity contribution in [1.29, 1.82) is 0 Å². The first kappa shape index (κ1) is 23.3. The molecule has 8 heteroatoms. The number of alkyl halides is 2. The predicted molar refractivity (Wildman–Crippen MR) is 110 cm³/mol. The van der Waals surface area contributed by atoms with Crippen molar-refractivity contribution in [2.24, 2.45) is 21.2 Å². The van der Waals surface area contributed by atoms with E-state index in [9.17, 15) is 17.2 Å². The Labute approximate surface area is 168 Å². The van der Waals surface area contributed by atoms with Crippen LogP contribution in [0.4, 0.5) is 8.78 Å². The molecule has 0 aromatic rings. The fraction of sp³-hybridized carbons (Fsp3) is 0.850. The highest BCUT2D eigenvalue weighted by Crippen LogP contribution is 2.46. The number of halogens is 2. The molecule has 5 nitrogen and oxygen atoms in total. The Morgan fingerprint density at radius 3 is 1.96 bits per heavy atom. The van der Waals surface area contributed by atoms with Gasteiger partial charge in [0.25, 0.3) is 6.43 Å². The number of rotatable bonds is 2. The van der Waals surface area contributed by atoms with Crippen molar-refractivity contribution < 1.29 is 17.2 Å². The van der Waals surface area contributed by atoms with Crippen molar-refractivity contribution in [2.75, 3.05) is 19.0 Å². The normalized spacial score (nSPS) is 24.5. The monoisotopic (exact) mass is 419 g/mol. The highest BCUT2D eigenvalue weighted by molar-refractivity contribution is 7.89. The van der Waals surface area contributed by atoms with Crippen LogP contribution in [0.3, 0.4) is 0 Å². The van der Waals surface area contributed by atoms with Crippen LogP contribution in [0.5, 0.6) is 0 Å². The average Bonchev–Trinajstić information content (AvgIpc) is 2.42. The van der Waals surface area contributed by atoms with Gasteiger partial charge < -0.3 is 4.90 Å². The first-order valence-electron chi connectivity index (χ1n) is 9.71. The second-order valence-electron chi connectivity index (χ2n) is 10.9. The van der Waals surface area contributed by atoms with E-state index < -0.39 is 23.0 Å². The molecule has 0 bridgehead atoms. The lowest BCUT2D eigenvalue weighted by molar-refractivity contribution is 0.117. The molecule has 1 saturated heterocycles. The fourth-order valence-corrected chi connectivity index (χ4v) is 5.33. The lowest BCUT2D eigenvalue weighted by atomic mass is 9.70. The van der Waals surface area contributed by atoms with E-state index in [1.54, 1.807) is 4.90 Å². The Morgan fingerprint density at radius 1 is 1.04 bits per heavy atom. The van der Waals surface area contributed by atoms with Crippen LogP contribution in [-0.2, 0) is 10.0 Å². The van der Waals surface area contributed by atoms with E-state index in [0.717, 1.165) is 15.6 Å².